The molecule has 154 valence electrons. The van der Waals surface area contributed by atoms with E-state index in [1.54, 1.807) is 16.7 Å². The van der Waals surface area contributed by atoms with Crippen molar-refractivity contribution in [3.8, 4) is 17.1 Å². The van der Waals surface area contributed by atoms with Crippen LogP contribution in [0.4, 0.5) is 5.69 Å². The summed E-state index contributed by atoms with van der Waals surface area (Å²) in [5, 5.41) is 9.30. The molecule has 1 aliphatic heterocycles. The molecule has 2 heterocycles. The number of anilines is 1. The number of unbranched alkanes of at least 4 members (excludes halogenated alkanes) is 1. The van der Waals surface area contributed by atoms with Crippen molar-refractivity contribution in [1.82, 2.24) is 15.2 Å². The second-order valence-electron chi connectivity index (χ2n) is 6.88. The molecule has 1 aliphatic rings. The molecule has 0 saturated heterocycles. The first kappa shape index (κ1) is 20.8. The molecular formula is C22H21BrN4O2S. The molecule has 0 saturated carbocycles. The van der Waals surface area contributed by atoms with Crippen molar-refractivity contribution in [2.24, 2.45) is 0 Å². The fraction of sp³-hybridized carbons (Fsp3) is 0.273. The van der Waals surface area contributed by atoms with E-state index in [1.807, 2.05) is 48.5 Å². The Morgan fingerprint density at radius 2 is 2.03 bits per heavy atom. The highest BCUT2D eigenvalue weighted by atomic mass is 79.9. The quantitative estimate of drug-likeness (QED) is 0.344. The van der Waals surface area contributed by atoms with E-state index in [1.165, 1.54) is 6.92 Å². The van der Waals surface area contributed by atoms with Crippen LogP contribution < -0.4 is 9.64 Å². The van der Waals surface area contributed by atoms with Crippen LogP contribution in [-0.2, 0) is 4.79 Å². The Bertz CT molecular complexity index is 1080. The van der Waals surface area contributed by atoms with E-state index < -0.39 is 6.23 Å². The number of rotatable bonds is 5. The van der Waals surface area contributed by atoms with Crippen molar-refractivity contribution >= 4 is 39.3 Å². The molecular weight excluding hydrogens is 464 g/mol. The van der Waals surface area contributed by atoms with Gasteiger partial charge in [-0.2, -0.15) is 4.98 Å². The van der Waals surface area contributed by atoms with Crippen LogP contribution in [0, 0.1) is 0 Å². The molecule has 0 fully saturated rings. The monoisotopic (exact) mass is 484 g/mol. The number of benzene rings is 2. The highest BCUT2D eigenvalue weighted by Crippen LogP contribution is 2.43. The SMILES string of the molecule is CCCCSc1nnc2c(n1)O[C@@H](c1cccc(Br)c1)N(C(C)=O)c1ccccc1-2. The number of nitrogens with zero attached hydrogens (tertiary/aromatic N) is 4. The molecule has 2 aromatic carbocycles. The van der Waals surface area contributed by atoms with Gasteiger partial charge < -0.3 is 4.74 Å². The number of hydrogen-bond acceptors (Lipinski definition) is 6. The zero-order valence-corrected chi connectivity index (χ0v) is 19.1. The Hall–Kier alpha value is -2.45. The fourth-order valence-corrected chi connectivity index (χ4v) is 4.58. The summed E-state index contributed by atoms with van der Waals surface area (Å²) in [5.41, 5.74) is 2.86. The van der Waals surface area contributed by atoms with Crippen LogP contribution in [0.15, 0.2) is 58.2 Å². The molecule has 0 radical (unpaired) electrons. The lowest BCUT2D eigenvalue weighted by Gasteiger charge is -2.30. The number of amides is 1. The first-order chi connectivity index (χ1) is 14.6. The predicted molar refractivity (Wildman–Crippen MR) is 122 cm³/mol. The molecule has 0 aliphatic carbocycles. The molecule has 0 unspecified atom stereocenters. The lowest BCUT2D eigenvalue weighted by Crippen LogP contribution is -2.36. The van der Waals surface area contributed by atoms with Gasteiger partial charge in [-0.1, -0.05) is 71.4 Å². The van der Waals surface area contributed by atoms with Crippen molar-refractivity contribution in [3.63, 3.8) is 0 Å². The fourth-order valence-electron chi connectivity index (χ4n) is 3.30. The molecule has 1 amide bonds. The van der Waals surface area contributed by atoms with Crippen LogP contribution in [0.1, 0.15) is 38.5 Å². The second-order valence-corrected chi connectivity index (χ2v) is 8.86. The van der Waals surface area contributed by atoms with Gasteiger partial charge in [0.1, 0.15) is 0 Å². The molecule has 6 nitrogen and oxygen atoms in total. The van der Waals surface area contributed by atoms with Crippen molar-refractivity contribution < 1.29 is 9.53 Å². The topological polar surface area (TPSA) is 68.2 Å². The van der Waals surface area contributed by atoms with Crippen LogP contribution in [0.5, 0.6) is 5.88 Å². The van der Waals surface area contributed by atoms with Gasteiger partial charge in [-0.25, -0.2) is 0 Å². The maximum Gasteiger partial charge on any atom is 0.247 e. The Morgan fingerprint density at radius 1 is 1.20 bits per heavy atom. The number of ether oxygens (including phenoxy) is 1. The maximum absolute atomic E-state index is 12.7. The van der Waals surface area contributed by atoms with Crippen LogP contribution in [0.3, 0.4) is 0 Å². The van der Waals surface area contributed by atoms with E-state index in [0.29, 0.717) is 16.7 Å². The lowest BCUT2D eigenvalue weighted by molar-refractivity contribution is -0.118. The summed E-state index contributed by atoms with van der Waals surface area (Å²) in [5.74, 6) is 1.17. The van der Waals surface area contributed by atoms with Gasteiger partial charge >= 0.3 is 0 Å². The standard InChI is InChI=1S/C22H21BrN4O2S/c1-3-4-12-30-22-24-20-19(25-26-22)17-10-5-6-11-18(17)27(14(2)28)21(29-20)15-8-7-9-16(23)13-15/h5-11,13,21H,3-4,12H2,1-2H3/t21-/m0/s1. The third-order valence-corrected chi connectivity index (χ3v) is 6.13. The number of para-hydroxylation sites is 1. The van der Waals surface area contributed by atoms with Gasteiger partial charge in [-0.15, -0.1) is 10.2 Å². The molecule has 4 rings (SSSR count). The van der Waals surface area contributed by atoms with Gasteiger partial charge in [0.25, 0.3) is 0 Å². The number of fused-ring (bicyclic) bond motifs is 3. The number of thioether (sulfide) groups is 1. The van der Waals surface area contributed by atoms with Crippen molar-refractivity contribution in [3.05, 3.63) is 58.6 Å². The Labute approximate surface area is 188 Å². The third-order valence-electron chi connectivity index (χ3n) is 4.71. The Kier molecular flexibility index (Phi) is 6.34. The number of hydrogen-bond donors (Lipinski definition) is 0. The molecule has 1 aromatic heterocycles. The molecule has 0 bridgehead atoms. The van der Waals surface area contributed by atoms with Gasteiger partial charge in [0.05, 0.1) is 5.69 Å². The Balaban J connectivity index is 1.86. The van der Waals surface area contributed by atoms with Crippen LogP contribution in [0.25, 0.3) is 11.3 Å². The molecule has 8 heteroatoms. The summed E-state index contributed by atoms with van der Waals surface area (Å²) in [7, 11) is 0. The smallest absolute Gasteiger partial charge is 0.247 e. The van der Waals surface area contributed by atoms with Crippen LogP contribution in [-0.4, -0.2) is 26.8 Å². The summed E-state index contributed by atoms with van der Waals surface area (Å²) in [6, 6.07) is 15.3. The number of aromatic nitrogens is 3. The van der Waals surface area contributed by atoms with Gasteiger partial charge in [-0.3, -0.25) is 9.69 Å². The van der Waals surface area contributed by atoms with E-state index in [2.05, 4.69) is 38.0 Å². The van der Waals surface area contributed by atoms with Crippen molar-refractivity contribution in [2.45, 2.75) is 38.1 Å². The molecule has 1 atom stereocenters. The first-order valence-corrected chi connectivity index (χ1v) is 11.5. The van der Waals surface area contributed by atoms with Crippen molar-refractivity contribution in [2.75, 3.05) is 10.7 Å². The normalized spacial score (nSPS) is 15.0. The largest absolute Gasteiger partial charge is 0.447 e. The lowest BCUT2D eigenvalue weighted by atomic mass is 10.1. The van der Waals surface area contributed by atoms with Crippen molar-refractivity contribution in [1.29, 1.82) is 0 Å². The molecule has 30 heavy (non-hydrogen) atoms. The number of carbonyl (C=O) groups excluding carboxylic acids is 1. The van der Waals surface area contributed by atoms with Gasteiger partial charge in [0.2, 0.25) is 23.2 Å². The number of halogens is 1. The molecule has 3 aromatic rings. The predicted octanol–water partition coefficient (Wildman–Crippen LogP) is 5.64. The minimum atomic E-state index is -0.674. The summed E-state index contributed by atoms with van der Waals surface area (Å²) in [4.78, 5) is 19.0. The summed E-state index contributed by atoms with van der Waals surface area (Å²) in [6.45, 7) is 3.68. The van der Waals surface area contributed by atoms with Gasteiger partial charge in [0.15, 0.2) is 5.69 Å². The van der Waals surface area contributed by atoms with Crippen LogP contribution in [0.2, 0.25) is 0 Å². The molecule has 0 spiro atoms. The zero-order chi connectivity index (χ0) is 21.1. The average Bonchev–Trinajstić information content (AvgIpc) is 2.88. The van der Waals surface area contributed by atoms with E-state index >= 15 is 0 Å². The van der Waals surface area contributed by atoms with Gasteiger partial charge in [0, 0.05) is 28.3 Å². The van der Waals surface area contributed by atoms with E-state index in [0.717, 1.165) is 39.9 Å². The third kappa shape index (κ3) is 4.20. The highest BCUT2D eigenvalue weighted by Gasteiger charge is 2.34. The minimum absolute atomic E-state index is 0.134. The maximum atomic E-state index is 12.7. The summed E-state index contributed by atoms with van der Waals surface area (Å²) in [6.07, 6.45) is 1.51. The average molecular weight is 485 g/mol. The summed E-state index contributed by atoms with van der Waals surface area (Å²) < 4.78 is 7.26. The second kappa shape index (κ2) is 9.14. The van der Waals surface area contributed by atoms with E-state index in [9.17, 15) is 4.79 Å². The van der Waals surface area contributed by atoms with E-state index in [4.69, 9.17) is 4.74 Å². The number of carbonyl (C=O) groups is 1. The van der Waals surface area contributed by atoms with Crippen LogP contribution >= 0.6 is 27.7 Å². The minimum Gasteiger partial charge on any atom is -0.447 e. The van der Waals surface area contributed by atoms with E-state index in [-0.39, 0.29) is 5.91 Å². The summed E-state index contributed by atoms with van der Waals surface area (Å²) >= 11 is 5.08. The first-order valence-electron chi connectivity index (χ1n) is 9.77. The molecule has 0 N–H and O–H groups in total. The van der Waals surface area contributed by atoms with Gasteiger partial charge in [-0.05, 0) is 24.6 Å². The zero-order valence-electron chi connectivity index (χ0n) is 16.7. The Morgan fingerprint density at radius 3 is 2.80 bits per heavy atom. The highest BCUT2D eigenvalue weighted by molar-refractivity contribution is 9.10.